The van der Waals surface area contributed by atoms with Gasteiger partial charge in [-0.1, -0.05) is 24.3 Å². The Morgan fingerprint density at radius 3 is 2.52 bits per heavy atom. The van der Waals surface area contributed by atoms with Crippen LogP contribution in [0.5, 0.6) is 11.5 Å². The molecule has 1 amide bonds. The molecule has 0 saturated carbocycles. The van der Waals surface area contributed by atoms with Crippen molar-refractivity contribution in [2.45, 2.75) is 19.6 Å². The fraction of sp³-hybridized carbons (Fsp3) is 0.222. The standard InChI is InChI=1S/C18H16F2N2O3/c1-12(13-6-8-15(9-7-13)25-18(19)20)22-17(23)11-24-16-5-3-2-4-14(16)10-21/h2-9,12,18H,11H2,1H3,(H,22,23). The van der Waals surface area contributed by atoms with Crippen molar-refractivity contribution in [3.05, 3.63) is 59.7 Å². The molecule has 0 aromatic heterocycles. The minimum absolute atomic E-state index is 0.0497. The van der Waals surface area contributed by atoms with Gasteiger partial charge in [-0.3, -0.25) is 4.79 Å². The number of nitrogens with one attached hydrogen (secondary N) is 1. The van der Waals surface area contributed by atoms with Crippen molar-refractivity contribution < 1.29 is 23.0 Å². The van der Waals surface area contributed by atoms with Crippen molar-refractivity contribution in [2.75, 3.05) is 6.61 Å². The van der Waals surface area contributed by atoms with E-state index in [1.165, 1.54) is 12.1 Å². The van der Waals surface area contributed by atoms with Gasteiger partial charge in [0.1, 0.15) is 17.6 Å². The second-order valence-electron chi connectivity index (χ2n) is 5.13. The van der Waals surface area contributed by atoms with Crippen LogP contribution in [0.4, 0.5) is 8.78 Å². The Morgan fingerprint density at radius 1 is 1.20 bits per heavy atom. The molecule has 2 rings (SSSR count). The second-order valence-corrected chi connectivity index (χ2v) is 5.13. The van der Waals surface area contributed by atoms with Crippen LogP contribution in [0, 0.1) is 11.3 Å². The second kappa shape index (κ2) is 8.64. The lowest BCUT2D eigenvalue weighted by molar-refractivity contribution is -0.123. The molecular weight excluding hydrogens is 330 g/mol. The molecule has 0 fully saturated rings. The number of amides is 1. The monoisotopic (exact) mass is 346 g/mol. The van der Waals surface area contributed by atoms with Crippen molar-refractivity contribution in [3.63, 3.8) is 0 Å². The Bertz CT molecular complexity index is 758. The van der Waals surface area contributed by atoms with Crippen molar-refractivity contribution in [2.24, 2.45) is 0 Å². The maximum absolute atomic E-state index is 12.1. The highest BCUT2D eigenvalue weighted by Gasteiger charge is 2.12. The van der Waals surface area contributed by atoms with Crippen molar-refractivity contribution >= 4 is 5.91 Å². The van der Waals surface area contributed by atoms with E-state index in [0.717, 1.165) is 5.56 Å². The van der Waals surface area contributed by atoms with E-state index in [-0.39, 0.29) is 24.3 Å². The van der Waals surface area contributed by atoms with E-state index in [9.17, 15) is 13.6 Å². The summed E-state index contributed by atoms with van der Waals surface area (Å²) in [4.78, 5) is 12.0. The Morgan fingerprint density at radius 2 is 1.88 bits per heavy atom. The SMILES string of the molecule is CC(NC(=O)COc1ccccc1C#N)c1ccc(OC(F)F)cc1. The fourth-order valence-electron chi connectivity index (χ4n) is 2.13. The van der Waals surface area contributed by atoms with E-state index >= 15 is 0 Å². The lowest BCUT2D eigenvalue weighted by Gasteiger charge is -2.15. The predicted molar refractivity (Wildman–Crippen MR) is 86.3 cm³/mol. The number of carbonyl (C=O) groups excluding carboxylic acids is 1. The van der Waals surface area contributed by atoms with Crippen molar-refractivity contribution in [1.29, 1.82) is 5.26 Å². The summed E-state index contributed by atoms with van der Waals surface area (Å²) in [6, 6.07) is 14.3. The van der Waals surface area contributed by atoms with Crippen molar-refractivity contribution in [1.82, 2.24) is 5.32 Å². The van der Waals surface area contributed by atoms with Crippen LogP contribution < -0.4 is 14.8 Å². The molecule has 0 aliphatic carbocycles. The maximum Gasteiger partial charge on any atom is 0.387 e. The number of carbonyl (C=O) groups is 1. The molecular formula is C18H16F2N2O3. The van der Waals surface area contributed by atoms with Gasteiger partial charge in [0, 0.05) is 0 Å². The summed E-state index contributed by atoms with van der Waals surface area (Å²) >= 11 is 0. The number of nitriles is 1. The quantitative estimate of drug-likeness (QED) is 0.834. The van der Waals surface area contributed by atoms with Gasteiger partial charge >= 0.3 is 6.61 Å². The third-order valence-corrected chi connectivity index (χ3v) is 3.35. The molecule has 0 saturated heterocycles. The number of para-hydroxylation sites is 1. The molecule has 0 spiro atoms. The first-order valence-electron chi connectivity index (χ1n) is 7.45. The number of nitrogens with zero attached hydrogens (tertiary/aromatic N) is 1. The summed E-state index contributed by atoms with van der Waals surface area (Å²) in [7, 11) is 0. The molecule has 2 aromatic rings. The zero-order valence-electron chi connectivity index (χ0n) is 13.4. The van der Waals surface area contributed by atoms with Crippen LogP contribution in [0.1, 0.15) is 24.1 Å². The Hall–Kier alpha value is -3.14. The maximum atomic E-state index is 12.1. The molecule has 1 N–H and O–H groups in total. The number of hydrogen-bond acceptors (Lipinski definition) is 4. The average Bonchev–Trinajstić information content (AvgIpc) is 2.60. The highest BCUT2D eigenvalue weighted by Crippen LogP contribution is 2.19. The van der Waals surface area contributed by atoms with E-state index in [0.29, 0.717) is 11.3 Å². The van der Waals surface area contributed by atoms with E-state index in [1.54, 1.807) is 43.3 Å². The molecule has 130 valence electrons. The number of hydrogen-bond donors (Lipinski definition) is 1. The molecule has 5 nitrogen and oxygen atoms in total. The zero-order chi connectivity index (χ0) is 18.2. The molecule has 1 unspecified atom stereocenters. The lowest BCUT2D eigenvalue weighted by atomic mass is 10.1. The first kappa shape index (κ1) is 18.2. The van der Waals surface area contributed by atoms with E-state index in [2.05, 4.69) is 10.1 Å². The van der Waals surface area contributed by atoms with Crippen LogP contribution in [-0.2, 0) is 4.79 Å². The fourth-order valence-corrected chi connectivity index (χ4v) is 2.13. The van der Waals surface area contributed by atoms with Crippen LogP contribution in [0.2, 0.25) is 0 Å². The minimum atomic E-state index is -2.88. The number of benzene rings is 2. The van der Waals surface area contributed by atoms with E-state index in [4.69, 9.17) is 10.00 Å². The first-order chi connectivity index (χ1) is 12.0. The molecule has 0 aliphatic rings. The molecule has 0 radical (unpaired) electrons. The molecule has 0 aliphatic heterocycles. The predicted octanol–water partition coefficient (Wildman–Crippen LogP) is 3.42. The zero-order valence-corrected chi connectivity index (χ0v) is 13.4. The van der Waals surface area contributed by atoms with Gasteiger partial charge in [-0.05, 0) is 36.8 Å². The third-order valence-electron chi connectivity index (χ3n) is 3.35. The van der Waals surface area contributed by atoms with Gasteiger partial charge in [0.05, 0.1) is 11.6 Å². The van der Waals surface area contributed by atoms with Gasteiger partial charge in [-0.25, -0.2) is 0 Å². The van der Waals surface area contributed by atoms with Crippen LogP contribution >= 0.6 is 0 Å². The third kappa shape index (κ3) is 5.46. The number of rotatable bonds is 7. The van der Waals surface area contributed by atoms with Crippen LogP contribution in [0.3, 0.4) is 0 Å². The lowest BCUT2D eigenvalue weighted by Crippen LogP contribution is -2.31. The summed E-state index contributed by atoms with van der Waals surface area (Å²) in [5.41, 5.74) is 1.07. The average molecular weight is 346 g/mol. The summed E-state index contributed by atoms with van der Waals surface area (Å²) in [6.07, 6.45) is 0. The largest absolute Gasteiger partial charge is 0.482 e. The normalized spacial score (nSPS) is 11.5. The Kier molecular flexibility index (Phi) is 6.29. The van der Waals surface area contributed by atoms with E-state index < -0.39 is 6.61 Å². The van der Waals surface area contributed by atoms with Gasteiger partial charge < -0.3 is 14.8 Å². The van der Waals surface area contributed by atoms with Crippen LogP contribution in [-0.4, -0.2) is 19.1 Å². The Balaban J connectivity index is 1.88. The first-order valence-corrected chi connectivity index (χ1v) is 7.45. The number of ether oxygens (including phenoxy) is 2. The summed E-state index contributed by atoms with van der Waals surface area (Å²) in [5, 5.41) is 11.7. The molecule has 1 atom stereocenters. The van der Waals surface area contributed by atoms with Crippen molar-refractivity contribution in [3.8, 4) is 17.6 Å². The molecule has 0 heterocycles. The highest BCUT2D eigenvalue weighted by atomic mass is 19.3. The smallest absolute Gasteiger partial charge is 0.387 e. The van der Waals surface area contributed by atoms with Gasteiger partial charge in [-0.2, -0.15) is 14.0 Å². The minimum Gasteiger partial charge on any atom is -0.482 e. The van der Waals surface area contributed by atoms with Gasteiger partial charge in [0.25, 0.3) is 5.91 Å². The molecule has 2 aromatic carbocycles. The Labute approximate surface area is 143 Å². The number of halogens is 2. The summed E-state index contributed by atoms with van der Waals surface area (Å²) in [5.74, 6) is 0.0168. The topological polar surface area (TPSA) is 71.3 Å². The van der Waals surface area contributed by atoms with Crippen LogP contribution in [0.15, 0.2) is 48.5 Å². The number of alkyl halides is 2. The highest BCUT2D eigenvalue weighted by molar-refractivity contribution is 5.78. The van der Waals surface area contributed by atoms with E-state index in [1.807, 2.05) is 6.07 Å². The summed E-state index contributed by atoms with van der Waals surface area (Å²) < 4.78 is 33.9. The molecule has 25 heavy (non-hydrogen) atoms. The van der Waals surface area contributed by atoms with Gasteiger partial charge in [0.15, 0.2) is 6.61 Å². The van der Waals surface area contributed by atoms with Crippen LogP contribution in [0.25, 0.3) is 0 Å². The molecule has 0 bridgehead atoms. The van der Waals surface area contributed by atoms with Gasteiger partial charge in [0.2, 0.25) is 0 Å². The summed E-state index contributed by atoms with van der Waals surface area (Å²) in [6.45, 7) is -1.36. The molecule has 7 heteroatoms. The van der Waals surface area contributed by atoms with Gasteiger partial charge in [-0.15, -0.1) is 0 Å².